The third-order valence-electron chi connectivity index (χ3n) is 1.95. The zero-order valence-electron chi connectivity index (χ0n) is 7.56. The van der Waals surface area contributed by atoms with E-state index in [4.69, 9.17) is 14.6 Å². The molecule has 76 valence electrons. The van der Waals surface area contributed by atoms with Crippen LogP contribution in [0.15, 0.2) is 23.1 Å². The molecule has 0 fully saturated rings. The second kappa shape index (κ2) is 3.98. The quantitative estimate of drug-likeness (QED) is 0.751. The average molecular weight is 213 g/mol. The predicted molar refractivity (Wildman–Crippen MR) is 52.6 cm³/mol. The van der Waals surface area contributed by atoms with Crippen molar-refractivity contribution in [2.75, 3.05) is 13.2 Å². The molecule has 5 heteroatoms. The van der Waals surface area contributed by atoms with Gasteiger partial charge in [0.25, 0.3) is 0 Å². The van der Waals surface area contributed by atoms with E-state index >= 15 is 0 Å². The molecule has 1 heterocycles. The van der Waals surface area contributed by atoms with Gasteiger partial charge in [-0.05, 0) is 12.1 Å². The van der Waals surface area contributed by atoms with E-state index in [-0.39, 0.29) is 0 Å². The lowest BCUT2D eigenvalue weighted by Gasteiger charge is -2.07. The highest BCUT2D eigenvalue weighted by atomic mass is 32.2. The zero-order valence-corrected chi connectivity index (χ0v) is 8.38. The lowest BCUT2D eigenvalue weighted by atomic mass is 10.3. The molecule has 1 aliphatic rings. The van der Waals surface area contributed by atoms with Gasteiger partial charge in [-0.15, -0.1) is 0 Å². The van der Waals surface area contributed by atoms with Gasteiger partial charge in [0, 0.05) is 12.5 Å². The fourth-order valence-electron chi connectivity index (χ4n) is 1.27. The molecule has 0 spiro atoms. The summed E-state index contributed by atoms with van der Waals surface area (Å²) in [5.74, 6) is 1.32. The summed E-state index contributed by atoms with van der Waals surface area (Å²) in [5, 5.41) is 5.26. The maximum absolute atomic E-state index is 11.0. The fourth-order valence-corrected chi connectivity index (χ4v) is 1.69. The van der Waals surface area contributed by atoms with Crippen molar-refractivity contribution in [1.82, 2.24) is 0 Å². The van der Waals surface area contributed by atoms with Gasteiger partial charge in [0.05, 0.1) is 18.1 Å². The van der Waals surface area contributed by atoms with Crippen molar-refractivity contribution in [3.8, 4) is 11.5 Å². The Balaban J connectivity index is 2.37. The molecule has 1 aliphatic heterocycles. The molecule has 1 unspecified atom stereocenters. The number of rotatable bonds is 1. The highest BCUT2D eigenvalue weighted by Crippen LogP contribution is 2.30. The van der Waals surface area contributed by atoms with Gasteiger partial charge < -0.3 is 9.47 Å². The molecular weight excluding hydrogens is 202 g/mol. The summed E-state index contributed by atoms with van der Waals surface area (Å²) in [6, 6.07) is 5.08. The molecule has 14 heavy (non-hydrogen) atoms. The highest BCUT2D eigenvalue weighted by Gasteiger charge is 2.11. The van der Waals surface area contributed by atoms with Crippen molar-refractivity contribution >= 4 is 11.0 Å². The summed E-state index contributed by atoms with van der Waals surface area (Å²) >= 11 is 0. The maximum atomic E-state index is 11.0. The Bertz CT molecular complexity index is 367. The number of ether oxygens (including phenoxy) is 2. The van der Waals surface area contributed by atoms with E-state index < -0.39 is 11.0 Å². The Morgan fingerprint density at radius 2 is 1.93 bits per heavy atom. The standard InChI is InChI=1S/C9H11NO3S/c10-14(11)7-2-3-8-9(6-7)13-5-1-4-12-8/h2-3,6H,1,4-5,10H2. The van der Waals surface area contributed by atoms with Gasteiger partial charge in [0.1, 0.15) is 11.0 Å². The van der Waals surface area contributed by atoms with E-state index in [1.54, 1.807) is 18.2 Å². The van der Waals surface area contributed by atoms with Gasteiger partial charge in [-0.1, -0.05) is 0 Å². The average Bonchev–Trinajstić information content (AvgIpc) is 2.41. The minimum absolute atomic E-state index is 0.550. The van der Waals surface area contributed by atoms with Gasteiger partial charge >= 0.3 is 0 Å². The molecule has 2 rings (SSSR count). The molecule has 0 aromatic heterocycles. The summed E-state index contributed by atoms with van der Waals surface area (Å²) in [5.41, 5.74) is 0. The zero-order chi connectivity index (χ0) is 9.97. The van der Waals surface area contributed by atoms with Crippen LogP contribution in [0.1, 0.15) is 6.42 Å². The Morgan fingerprint density at radius 3 is 2.64 bits per heavy atom. The summed E-state index contributed by atoms with van der Waals surface area (Å²) in [4.78, 5) is 0.550. The van der Waals surface area contributed by atoms with Gasteiger partial charge in [0.2, 0.25) is 0 Å². The van der Waals surface area contributed by atoms with Crippen molar-refractivity contribution in [3.05, 3.63) is 18.2 Å². The first kappa shape index (κ1) is 9.48. The largest absolute Gasteiger partial charge is 0.490 e. The van der Waals surface area contributed by atoms with Crippen molar-refractivity contribution in [2.45, 2.75) is 11.3 Å². The van der Waals surface area contributed by atoms with Gasteiger partial charge in [0.15, 0.2) is 11.5 Å². The number of hydrogen-bond donors (Lipinski definition) is 1. The lowest BCUT2D eigenvalue weighted by molar-refractivity contribution is 0.297. The van der Waals surface area contributed by atoms with E-state index in [2.05, 4.69) is 0 Å². The van der Waals surface area contributed by atoms with Gasteiger partial charge in [-0.25, -0.2) is 9.35 Å². The monoisotopic (exact) mass is 213 g/mol. The molecule has 0 saturated heterocycles. The van der Waals surface area contributed by atoms with E-state index in [0.29, 0.717) is 29.6 Å². The smallest absolute Gasteiger partial charge is 0.162 e. The topological polar surface area (TPSA) is 61.6 Å². The molecule has 0 radical (unpaired) electrons. The molecule has 2 N–H and O–H groups in total. The van der Waals surface area contributed by atoms with E-state index in [0.717, 1.165) is 6.42 Å². The molecule has 4 nitrogen and oxygen atoms in total. The molecule has 1 aromatic rings. The van der Waals surface area contributed by atoms with Crippen molar-refractivity contribution in [3.63, 3.8) is 0 Å². The first-order chi connectivity index (χ1) is 6.77. The Morgan fingerprint density at radius 1 is 1.21 bits per heavy atom. The number of nitrogens with two attached hydrogens (primary N) is 1. The van der Waals surface area contributed by atoms with E-state index in [1.165, 1.54) is 0 Å². The molecule has 0 bridgehead atoms. The second-order valence-electron chi connectivity index (χ2n) is 2.96. The van der Waals surface area contributed by atoms with Crippen LogP contribution >= 0.6 is 0 Å². The van der Waals surface area contributed by atoms with Crippen LogP contribution in [-0.4, -0.2) is 17.4 Å². The van der Waals surface area contributed by atoms with Gasteiger partial charge in [-0.3, -0.25) is 0 Å². The van der Waals surface area contributed by atoms with Crippen LogP contribution in [-0.2, 0) is 11.0 Å². The van der Waals surface area contributed by atoms with Crippen LogP contribution in [0, 0.1) is 0 Å². The molecule has 0 aliphatic carbocycles. The number of fused-ring (bicyclic) bond motifs is 1. The second-order valence-corrected chi connectivity index (χ2v) is 4.02. The van der Waals surface area contributed by atoms with Crippen molar-refractivity contribution in [2.24, 2.45) is 5.14 Å². The van der Waals surface area contributed by atoms with Crippen molar-refractivity contribution < 1.29 is 13.7 Å². The summed E-state index contributed by atoms with van der Waals surface area (Å²) in [6.45, 7) is 1.27. The summed E-state index contributed by atoms with van der Waals surface area (Å²) in [7, 11) is -1.47. The lowest BCUT2D eigenvalue weighted by Crippen LogP contribution is -2.03. The molecule has 1 atom stereocenters. The Kier molecular flexibility index (Phi) is 2.69. The molecule has 0 saturated carbocycles. The summed E-state index contributed by atoms with van der Waals surface area (Å²) < 4.78 is 21.9. The molecular formula is C9H11NO3S. The minimum atomic E-state index is -1.47. The van der Waals surface area contributed by atoms with Crippen LogP contribution in [0.2, 0.25) is 0 Å². The Labute approximate surface area is 84.6 Å². The van der Waals surface area contributed by atoms with Crippen LogP contribution in [0.25, 0.3) is 0 Å². The third kappa shape index (κ3) is 1.88. The highest BCUT2D eigenvalue weighted by molar-refractivity contribution is 7.82. The molecule has 1 aromatic carbocycles. The summed E-state index contributed by atoms with van der Waals surface area (Å²) in [6.07, 6.45) is 0.857. The van der Waals surface area contributed by atoms with Gasteiger partial charge in [-0.2, -0.15) is 0 Å². The van der Waals surface area contributed by atoms with Crippen LogP contribution in [0.5, 0.6) is 11.5 Å². The maximum Gasteiger partial charge on any atom is 0.162 e. The number of hydrogen-bond acceptors (Lipinski definition) is 3. The number of benzene rings is 1. The normalized spacial score (nSPS) is 17.2. The van der Waals surface area contributed by atoms with E-state index in [1.807, 2.05) is 0 Å². The van der Waals surface area contributed by atoms with Crippen LogP contribution in [0.3, 0.4) is 0 Å². The predicted octanol–water partition coefficient (Wildman–Crippen LogP) is 0.829. The van der Waals surface area contributed by atoms with Crippen molar-refractivity contribution in [1.29, 1.82) is 0 Å². The minimum Gasteiger partial charge on any atom is -0.490 e. The molecule has 0 amide bonds. The first-order valence-electron chi connectivity index (χ1n) is 4.33. The van der Waals surface area contributed by atoms with Crippen LogP contribution < -0.4 is 14.6 Å². The fraction of sp³-hybridized carbons (Fsp3) is 0.333. The Hall–Kier alpha value is -1.07. The van der Waals surface area contributed by atoms with E-state index in [9.17, 15) is 4.21 Å². The first-order valence-corrected chi connectivity index (χ1v) is 5.54. The SMILES string of the molecule is NS(=O)c1ccc2c(c1)OCCCO2. The van der Waals surface area contributed by atoms with Crippen LogP contribution in [0.4, 0.5) is 0 Å². The third-order valence-corrected chi connectivity index (χ3v) is 2.67.